The number of amides is 1. The van der Waals surface area contributed by atoms with E-state index in [0.717, 1.165) is 31.4 Å². The number of nitrogens with one attached hydrogen (secondary N) is 1. The Morgan fingerprint density at radius 3 is 2.41 bits per heavy atom. The zero-order chi connectivity index (χ0) is 19.9. The topological polar surface area (TPSA) is 92.8 Å². The molecule has 1 N–H and O–H groups in total. The lowest BCUT2D eigenvalue weighted by atomic mass is 10.0. The smallest absolute Gasteiger partial charge is 0.338 e. The number of esters is 1. The van der Waals surface area contributed by atoms with Gasteiger partial charge in [0.15, 0.2) is 6.61 Å². The van der Waals surface area contributed by atoms with Crippen LogP contribution in [0.5, 0.6) is 0 Å². The molecule has 1 amide bonds. The van der Waals surface area contributed by atoms with Crippen LogP contribution in [0.3, 0.4) is 0 Å². The molecule has 0 fully saturated rings. The summed E-state index contributed by atoms with van der Waals surface area (Å²) in [5, 5.41) is 0. The summed E-state index contributed by atoms with van der Waals surface area (Å²) in [7, 11) is -3.57. The third kappa shape index (κ3) is 5.64. The molecule has 0 radical (unpaired) electrons. The van der Waals surface area contributed by atoms with Crippen molar-refractivity contribution in [3.63, 3.8) is 0 Å². The van der Waals surface area contributed by atoms with Crippen LogP contribution in [0.15, 0.2) is 40.9 Å². The molecule has 1 aromatic rings. The molecular formula is C19H26N2O5S. The summed E-state index contributed by atoms with van der Waals surface area (Å²) in [6.07, 6.45) is 6.06. The Hall–Kier alpha value is -2.19. The van der Waals surface area contributed by atoms with Crippen LogP contribution in [0.25, 0.3) is 0 Å². The highest BCUT2D eigenvalue weighted by Gasteiger charge is 2.20. The lowest BCUT2D eigenvalue weighted by Gasteiger charge is -2.26. The van der Waals surface area contributed by atoms with Gasteiger partial charge >= 0.3 is 5.97 Å². The van der Waals surface area contributed by atoms with Crippen molar-refractivity contribution in [3.8, 4) is 0 Å². The normalized spacial score (nSPS) is 14.4. The zero-order valence-corrected chi connectivity index (χ0v) is 16.5. The molecular weight excluding hydrogens is 368 g/mol. The number of ether oxygens (including phenoxy) is 1. The Morgan fingerprint density at radius 1 is 1.15 bits per heavy atom. The third-order valence-electron chi connectivity index (χ3n) is 4.29. The van der Waals surface area contributed by atoms with Crippen LogP contribution in [-0.2, 0) is 19.6 Å². The van der Waals surface area contributed by atoms with Gasteiger partial charge in [0.2, 0.25) is 10.0 Å². The van der Waals surface area contributed by atoms with Crippen LogP contribution in [0.1, 0.15) is 49.9 Å². The van der Waals surface area contributed by atoms with Gasteiger partial charge in [-0.2, -0.15) is 0 Å². The van der Waals surface area contributed by atoms with Gasteiger partial charge < -0.3 is 9.64 Å². The first kappa shape index (κ1) is 21.1. The van der Waals surface area contributed by atoms with E-state index in [4.69, 9.17) is 4.74 Å². The van der Waals surface area contributed by atoms with Crippen molar-refractivity contribution < 1.29 is 22.7 Å². The molecule has 0 bridgehead atoms. The number of hydrogen-bond donors (Lipinski definition) is 1. The molecule has 8 heteroatoms. The number of carbonyl (C=O) groups is 2. The number of allylic oxidation sites excluding steroid dienone is 2. The molecule has 0 unspecified atom stereocenters. The standard InChI is InChI=1S/C19H26N2O5S/c1-3-20-27(24,25)17-12-10-15(11-13-17)19(23)26-14-18(22)21(4-2)16-8-6-5-7-9-16/h8,10-13,20H,3-7,9,14H2,1-2H3. The van der Waals surface area contributed by atoms with Crippen molar-refractivity contribution >= 4 is 21.9 Å². The fourth-order valence-electron chi connectivity index (χ4n) is 2.94. The molecule has 0 saturated heterocycles. The molecule has 0 aromatic heterocycles. The lowest BCUT2D eigenvalue weighted by Crippen LogP contribution is -2.34. The Kier molecular flexibility index (Phi) is 7.55. The zero-order valence-electron chi connectivity index (χ0n) is 15.7. The second-order valence-corrected chi connectivity index (χ2v) is 7.95. The molecule has 0 saturated carbocycles. The Bertz CT molecular complexity index is 800. The van der Waals surface area contributed by atoms with E-state index in [1.807, 2.05) is 6.92 Å². The Morgan fingerprint density at radius 2 is 1.85 bits per heavy atom. The van der Waals surface area contributed by atoms with Gasteiger partial charge in [0.1, 0.15) is 0 Å². The van der Waals surface area contributed by atoms with Gasteiger partial charge in [0.05, 0.1) is 10.5 Å². The predicted molar refractivity (Wildman–Crippen MR) is 102 cm³/mol. The maximum absolute atomic E-state index is 12.4. The summed E-state index contributed by atoms with van der Waals surface area (Å²) in [4.78, 5) is 26.3. The highest BCUT2D eigenvalue weighted by Crippen LogP contribution is 2.21. The van der Waals surface area contributed by atoms with Gasteiger partial charge in [-0.1, -0.05) is 13.0 Å². The molecule has 0 spiro atoms. The number of nitrogens with zero attached hydrogens (tertiary/aromatic N) is 1. The summed E-state index contributed by atoms with van der Waals surface area (Å²) < 4.78 is 31.3. The molecule has 0 atom stereocenters. The second-order valence-electron chi connectivity index (χ2n) is 6.18. The van der Waals surface area contributed by atoms with Gasteiger partial charge in [-0.25, -0.2) is 17.9 Å². The van der Waals surface area contributed by atoms with Crippen LogP contribution in [0.2, 0.25) is 0 Å². The average Bonchev–Trinajstić information content (AvgIpc) is 2.67. The van der Waals surface area contributed by atoms with Crippen molar-refractivity contribution in [1.82, 2.24) is 9.62 Å². The molecule has 7 nitrogen and oxygen atoms in total. The van der Waals surface area contributed by atoms with Crippen LogP contribution < -0.4 is 4.72 Å². The fourth-order valence-corrected chi connectivity index (χ4v) is 3.98. The summed E-state index contributed by atoms with van der Waals surface area (Å²) in [5.74, 6) is -0.922. The first-order valence-electron chi connectivity index (χ1n) is 9.15. The van der Waals surface area contributed by atoms with Gasteiger partial charge in [-0.15, -0.1) is 0 Å². The monoisotopic (exact) mass is 394 g/mol. The SMILES string of the molecule is CCNS(=O)(=O)c1ccc(C(=O)OCC(=O)N(CC)C2=CCCCC2)cc1. The number of hydrogen-bond acceptors (Lipinski definition) is 5. The molecule has 1 aliphatic rings. The molecule has 0 aliphatic heterocycles. The van der Waals surface area contributed by atoms with Crippen molar-refractivity contribution in [2.45, 2.75) is 44.4 Å². The maximum Gasteiger partial charge on any atom is 0.338 e. The van der Waals surface area contributed by atoms with E-state index in [9.17, 15) is 18.0 Å². The Labute approximate surface area is 160 Å². The summed E-state index contributed by atoms with van der Waals surface area (Å²) in [6.45, 7) is 4.03. The van der Waals surface area contributed by atoms with Crippen molar-refractivity contribution in [2.24, 2.45) is 0 Å². The summed E-state index contributed by atoms with van der Waals surface area (Å²) in [5.41, 5.74) is 1.18. The quantitative estimate of drug-likeness (QED) is 0.684. The van der Waals surface area contributed by atoms with Gasteiger partial charge in [0, 0.05) is 18.8 Å². The number of carbonyl (C=O) groups excluding carboxylic acids is 2. The van der Waals surface area contributed by atoms with Crippen LogP contribution in [0, 0.1) is 0 Å². The third-order valence-corrected chi connectivity index (χ3v) is 5.85. The van der Waals surface area contributed by atoms with Crippen molar-refractivity contribution in [3.05, 3.63) is 41.6 Å². The van der Waals surface area contributed by atoms with E-state index < -0.39 is 16.0 Å². The van der Waals surface area contributed by atoms with E-state index in [1.165, 1.54) is 24.3 Å². The van der Waals surface area contributed by atoms with Gasteiger partial charge in [-0.3, -0.25) is 4.79 Å². The summed E-state index contributed by atoms with van der Waals surface area (Å²) in [6, 6.07) is 5.42. The minimum atomic E-state index is -3.57. The maximum atomic E-state index is 12.4. The van der Waals surface area contributed by atoms with Crippen LogP contribution in [-0.4, -0.2) is 44.9 Å². The average molecular weight is 394 g/mol. The minimum Gasteiger partial charge on any atom is -0.452 e. The van der Waals surface area contributed by atoms with E-state index in [2.05, 4.69) is 10.8 Å². The molecule has 1 aliphatic carbocycles. The van der Waals surface area contributed by atoms with E-state index in [0.29, 0.717) is 6.54 Å². The van der Waals surface area contributed by atoms with Gasteiger partial charge in [-0.05, 0) is 56.9 Å². The highest BCUT2D eigenvalue weighted by molar-refractivity contribution is 7.89. The predicted octanol–water partition coefficient (Wildman–Crippen LogP) is 2.45. The number of rotatable bonds is 8. The molecule has 148 valence electrons. The highest BCUT2D eigenvalue weighted by atomic mass is 32.2. The number of benzene rings is 1. The van der Waals surface area contributed by atoms with E-state index >= 15 is 0 Å². The fraction of sp³-hybridized carbons (Fsp3) is 0.474. The van der Waals surface area contributed by atoms with Crippen LogP contribution in [0.4, 0.5) is 0 Å². The molecule has 2 rings (SSSR count). The minimum absolute atomic E-state index is 0.0679. The van der Waals surface area contributed by atoms with Gasteiger partial charge in [0.25, 0.3) is 5.91 Å². The van der Waals surface area contributed by atoms with Crippen molar-refractivity contribution in [1.29, 1.82) is 0 Å². The molecule has 1 aromatic carbocycles. The number of likely N-dealkylation sites (N-methyl/N-ethyl adjacent to an activating group) is 1. The first-order chi connectivity index (χ1) is 12.9. The first-order valence-corrected chi connectivity index (χ1v) is 10.6. The van der Waals surface area contributed by atoms with Crippen LogP contribution >= 0.6 is 0 Å². The van der Waals surface area contributed by atoms with Crippen molar-refractivity contribution in [2.75, 3.05) is 19.7 Å². The largest absolute Gasteiger partial charge is 0.452 e. The Balaban J connectivity index is 1.96. The number of sulfonamides is 1. The summed E-state index contributed by atoms with van der Waals surface area (Å²) >= 11 is 0. The second kappa shape index (κ2) is 9.66. The lowest BCUT2D eigenvalue weighted by molar-refractivity contribution is -0.132. The van der Waals surface area contributed by atoms with E-state index in [1.54, 1.807) is 11.8 Å². The van der Waals surface area contributed by atoms with E-state index in [-0.39, 0.29) is 29.5 Å². The molecule has 0 heterocycles. The molecule has 27 heavy (non-hydrogen) atoms.